The minimum atomic E-state index is 0. The van der Waals surface area contributed by atoms with E-state index in [-0.39, 0.29) is 24.0 Å². The maximum absolute atomic E-state index is 5.73. The lowest BCUT2D eigenvalue weighted by Gasteiger charge is -2.11. The SMILES string of the molecule is C=C(C)CNC(N)=NCc1cccc(N(C)C)n1.I. The van der Waals surface area contributed by atoms with Crippen molar-refractivity contribution in [2.75, 3.05) is 25.5 Å². The third kappa shape index (κ3) is 7.00. The van der Waals surface area contributed by atoms with Gasteiger partial charge in [-0.15, -0.1) is 24.0 Å². The maximum Gasteiger partial charge on any atom is 0.189 e. The average Bonchev–Trinajstić information content (AvgIpc) is 2.34. The zero-order valence-corrected chi connectivity index (χ0v) is 14.0. The van der Waals surface area contributed by atoms with Crippen molar-refractivity contribution in [3.05, 3.63) is 36.0 Å². The molecule has 0 fully saturated rings. The second kappa shape index (κ2) is 8.73. The highest BCUT2D eigenvalue weighted by atomic mass is 127. The number of hydrogen-bond donors (Lipinski definition) is 2. The van der Waals surface area contributed by atoms with Crippen LogP contribution in [0.25, 0.3) is 0 Å². The van der Waals surface area contributed by atoms with Gasteiger partial charge in [-0.3, -0.25) is 0 Å². The highest BCUT2D eigenvalue weighted by molar-refractivity contribution is 14.0. The molecule has 1 heterocycles. The topological polar surface area (TPSA) is 66.5 Å². The minimum Gasteiger partial charge on any atom is -0.370 e. The van der Waals surface area contributed by atoms with Crippen molar-refractivity contribution < 1.29 is 0 Å². The van der Waals surface area contributed by atoms with Crippen molar-refractivity contribution in [3.8, 4) is 0 Å². The van der Waals surface area contributed by atoms with E-state index in [9.17, 15) is 0 Å². The third-order valence-electron chi connectivity index (χ3n) is 2.23. The Balaban J connectivity index is 0.00000324. The maximum atomic E-state index is 5.73. The molecule has 0 radical (unpaired) electrons. The quantitative estimate of drug-likeness (QED) is 0.356. The average molecular weight is 375 g/mol. The first kappa shape index (κ1) is 17.7. The van der Waals surface area contributed by atoms with Gasteiger partial charge in [0.05, 0.1) is 12.2 Å². The molecule has 0 aromatic carbocycles. The fourth-order valence-electron chi connectivity index (χ4n) is 1.27. The predicted molar refractivity (Wildman–Crippen MR) is 92.1 cm³/mol. The number of nitrogens with two attached hydrogens (primary N) is 1. The molecule has 6 heteroatoms. The monoisotopic (exact) mass is 375 g/mol. The number of nitrogens with one attached hydrogen (secondary N) is 1. The summed E-state index contributed by atoms with van der Waals surface area (Å²) in [5.74, 6) is 1.33. The largest absolute Gasteiger partial charge is 0.370 e. The normalized spacial score (nSPS) is 10.6. The molecule has 0 atom stereocenters. The Morgan fingerprint density at radius 1 is 1.47 bits per heavy atom. The molecule has 106 valence electrons. The van der Waals surface area contributed by atoms with E-state index < -0.39 is 0 Å². The third-order valence-corrected chi connectivity index (χ3v) is 2.23. The van der Waals surface area contributed by atoms with Crippen LogP contribution in [0.4, 0.5) is 5.82 Å². The van der Waals surface area contributed by atoms with Gasteiger partial charge in [-0.2, -0.15) is 0 Å². The van der Waals surface area contributed by atoms with E-state index in [0.29, 0.717) is 19.0 Å². The van der Waals surface area contributed by atoms with E-state index in [1.807, 2.05) is 44.1 Å². The summed E-state index contributed by atoms with van der Waals surface area (Å²) in [6, 6.07) is 5.85. The first-order valence-corrected chi connectivity index (χ1v) is 5.80. The number of aliphatic imine (C=N–C) groups is 1. The molecule has 1 aromatic rings. The summed E-state index contributed by atoms with van der Waals surface area (Å²) in [6.45, 7) is 6.83. The first-order valence-electron chi connectivity index (χ1n) is 5.80. The van der Waals surface area contributed by atoms with E-state index in [0.717, 1.165) is 17.1 Å². The molecule has 0 saturated heterocycles. The molecular formula is C13H22IN5. The van der Waals surface area contributed by atoms with E-state index in [2.05, 4.69) is 21.9 Å². The number of guanidine groups is 1. The van der Waals surface area contributed by atoms with E-state index in [4.69, 9.17) is 5.73 Å². The van der Waals surface area contributed by atoms with Crippen molar-refractivity contribution in [1.82, 2.24) is 10.3 Å². The Bertz CT molecular complexity index is 442. The van der Waals surface area contributed by atoms with Gasteiger partial charge >= 0.3 is 0 Å². The molecule has 3 N–H and O–H groups in total. The van der Waals surface area contributed by atoms with Crippen LogP contribution in [0, 0.1) is 0 Å². The Morgan fingerprint density at radius 3 is 2.74 bits per heavy atom. The van der Waals surface area contributed by atoms with Gasteiger partial charge in [0, 0.05) is 20.6 Å². The summed E-state index contributed by atoms with van der Waals surface area (Å²) in [6.07, 6.45) is 0. The van der Waals surface area contributed by atoms with Gasteiger partial charge in [0.15, 0.2) is 5.96 Å². The summed E-state index contributed by atoms with van der Waals surface area (Å²) < 4.78 is 0. The van der Waals surface area contributed by atoms with Gasteiger partial charge in [-0.1, -0.05) is 18.2 Å². The van der Waals surface area contributed by atoms with Crippen molar-refractivity contribution in [2.45, 2.75) is 13.5 Å². The van der Waals surface area contributed by atoms with Crippen LogP contribution in [0.5, 0.6) is 0 Å². The predicted octanol–water partition coefficient (Wildman–Crippen LogP) is 1.75. The van der Waals surface area contributed by atoms with Crippen LogP contribution < -0.4 is 16.0 Å². The summed E-state index contributed by atoms with van der Waals surface area (Å²) in [7, 11) is 3.91. The highest BCUT2D eigenvalue weighted by Crippen LogP contribution is 2.08. The standard InChI is InChI=1S/C13H21N5.HI/c1-10(2)8-15-13(14)16-9-11-6-5-7-12(17-11)18(3)4;/h5-7H,1,8-9H2,2-4H3,(H3,14,15,16);1H. The fourth-order valence-corrected chi connectivity index (χ4v) is 1.27. The molecule has 0 aliphatic rings. The molecule has 0 bridgehead atoms. The Labute approximate surface area is 132 Å². The summed E-state index contributed by atoms with van der Waals surface area (Å²) in [5, 5.41) is 2.98. The summed E-state index contributed by atoms with van der Waals surface area (Å²) in [5.41, 5.74) is 7.63. The number of rotatable bonds is 5. The Kier molecular flexibility index (Phi) is 8.13. The molecule has 0 amide bonds. The summed E-state index contributed by atoms with van der Waals surface area (Å²) >= 11 is 0. The van der Waals surface area contributed by atoms with Crippen LogP contribution >= 0.6 is 24.0 Å². The highest BCUT2D eigenvalue weighted by Gasteiger charge is 1.99. The van der Waals surface area contributed by atoms with Gasteiger partial charge in [-0.05, 0) is 19.1 Å². The smallest absolute Gasteiger partial charge is 0.189 e. The van der Waals surface area contributed by atoms with Crippen LogP contribution in [-0.2, 0) is 6.54 Å². The molecule has 0 saturated carbocycles. The number of pyridine rings is 1. The lowest BCUT2D eigenvalue weighted by Crippen LogP contribution is -2.32. The lowest BCUT2D eigenvalue weighted by molar-refractivity contribution is 0.915. The number of anilines is 1. The van der Waals surface area contributed by atoms with Gasteiger partial charge in [0.1, 0.15) is 5.82 Å². The van der Waals surface area contributed by atoms with Crippen molar-refractivity contribution >= 4 is 35.8 Å². The molecular weight excluding hydrogens is 353 g/mol. The first-order chi connectivity index (χ1) is 8.49. The zero-order chi connectivity index (χ0) is 13.5. The Morgan fingerprint density at radius 2 is 2.16 bits per heavy atom. The van der Waals surface area contributed by atoms with Crippen LogP contribution in [0.2, 0.25) is 0 Å². The lowest BCUT2D eigenvalue weighted by atomic mass is 10.3. The van der Waals surface area contributed by atoms with Crippen LogP contribution in [0.15, 0.2) is 35.3 Å². The number of halogens is 1. The molecule has 1 aromatic heterocycles. The van der Waals surface area contributed by atoms with E-state index in [1.165, 1.54) is 0 Å². The molecule has 1 rings (SSSR count). The van der Waals surface area contributed by atoms with Gasteiger partial charge in [-0.25, -0.2) is 9.98 Å². The molecule has 0 aliphatic heterocycles. The van der Waals surface area contributed by atoms with Gasteiger partial charge in [0.25, 0.3) is 0 Å². The number of aromatic nitrogens is 1. The van der Waals surface area contributed by atoms with Crippen molar-refractivity contribution in [2.24, 2.45) is 10.7 Å². The van der Waals surface area contributed by atoms with Crippen LogP contribution in [0.1, 0.15) is 12.6 Å². The van der Waals surface area contributed by atoms with E-state index in [1.54, 1.807) is 0 Å². The molecule has 19 heavy (non-hydrogen) atoms. The van der Waals surface area contributed by atoms with Gasteiger partial charge in [0.2, 0.25) is 0 Å². The fraction of sp³-hybridized carbons (Fsp3) is 0.385. The number of nitrogens with zero attached hydrogens (tertiary/aromatic N) is 3. The second-order valence-corrected chi connectivity index (χ2v) is 4.39. The molecule has 0 spiro atoms. The van der Waals surface area contributed by atoms with E-state index >= 15 is 0 Å². The van der Waals surface area contributed by atoms with Crippen LogP contribution in [0.3, 0.4) is 0 Å². The summed E-state index contributed by atoms with van der Waals surface area (Å²) in [4.78, 5) is 10.6. The van der Waals surface area contributed by atoms with Gasteiger partial charge < -0.3 is 16.0 Å². The Hall–Kier alpha value is -1.31. The minimum absolute atomic E-state index is 0. The molecule has 0 unspecified atom stereocenters. The number of hydrogen-bond acceptors (Lipinski definition) is 3. The second-order valence-electron chi connectivity index (χ2n) is 4.39. The zero-order valence-electron chi connectivity index (χ0n) is 11.7. The van der Waals surface area contributed by atoms with Crippen LogP contribution in [-0.4, -0.2) is 31.6 Å². The molecule has 0 aliphatic carbocycles. The van der Waals surface area contributed by atoms with Crippen molar-refractivity contribution in [3.63, 3.8) is 0 Å². The van der Waals surface area contributed by atoms with Crippen molar-refractivity contribution in [1.29, 1.82) is 0 Å². The molecule has 5 nitrogen and oxygen atoms in total.